The first-order chi connectivity index (χ1) is 8.99. The van der Waals surface area contributed by atoms with E-state index in [-0.39, 0.29) is 5.69 Å². The fourth-order valence-electron chi connectivity index (χ4n) is 1.69. The lowest BCUT2D eigenvalue weighted by Gasteiger charge is -2.10. The van der Waals surface area contributed by atoms with Crippen molar-refractivity contribution in [2.24, 2.45) is 0 Å². The highest BCUT2D eigenvalue weighted by Gasteiger charge is 2.14. The van der Waals surface area contributed by atoms with Crippen molar-refractivity contribution in [3.8, 4) is 0 Å². The highest BCUT2D eigenvalue weighted by atomic mass is 79.9. The maximum absolute atomic E-state index is 13.6. The van der Waals surface area contributed by atoms with Gasteiger partial charge in [0.25, 0.3) is 5.91 Å². The van der Waals surface area contributed by atoms with E-state index in [1.807, 2.05) is 6.92 Å². The molecule has 0 aliphatic carbocycles. The van der Waals surface area contributed by atoms with E-state index in [4.69, 9.17) is 5.73 Å². The van der Waals surface area contributed by atoms with Gasteiger partial charge in [-0.3, -0.25) is 4.79 Å². The summed E-state index contributed by atoms with van der Waals surface area (Å²) in [6.45, 7) is 1.88. The van der Waals surface area contributed by atoms with Crippen molar-refractivity contribution in [3.05, 3.63) is 57.8 Å². The average molecular weight is 323 g/mol. The SMILES string of the molecule is Cc1ccc(C(=O)Nc2c(F)cccc2Br)c(N)c1. The third-order valence-corrected chi connectivity index (χ3v) is 3.31. The number of nitrogens with one attached hydrogen (secondary N) is 1. The van der Waals surface area contributed by atoms with Gasteiger partial charge in [-0.15, -0.1) is 0 Å². The van der Waals surface area contributed by atoms with Gasteiger partial charge in [-0.2, -0.15) is 0 Å². The number of anilines is 2. The number of hydrogen-bond acceptors (Lipinski definition) is 2. The largest absolute Gasteiger partial charge is 0.398 e. The molecule has 5 heteroatoms. The number of hydrogen-bond donors (Lipinski definition) is 2. The van der Waals surface area contributed by atoms with Gasteiger partial charge < -0.3 is 11.1 Å². The zero-order valence-electron chi connectivity index (χ0n) is 10.2. The number of carbonyl (C=O) groups is 1. The van der Waals surface area contributed by atoms with Crippen LogP contribution in [0.4, 0.5) is 15.8 Å². The molecule has 0 unspecified atom stereocenters. The molecule has 0 saturated heterocycles. The monoisotopic (exact) mass is 322 g/mol. The zero-order valence-corrected chi connectivity index (χ0v) is 11.8. The minimum Gasteiger partial charge on any atom is -0.398 e. The summed E-state index contributed by atoms with van der Waals surface area (Å²) in [7, 11) is 0. The lowest BCUT2D eigenvalue weighted by atomic mass is 10.1. The summed E-state index contributed by atoms with van der Waals surface area (Å²) in [4.78, 5) is 12.1. The number of nitrogen functional groups attached to an aromatic ring is 1. The number of para-hydroxylation sites is 1. The molecule has 3 nitrogen and oxygen atoms in total. The van der Waals surface area contributed by atoms with Gasteiger partial charge in [0, 0.05) is 10.2 Å². The quantitative estimate of drug-likeness (QED) is 0.828. The number of carbonyl (C=O) groups excluding carboxylic acids is 1. The summed E-state index contributed by atoms with van der Waals surface area (Å²) >= 11 is 3.19. The minimum atomic E-state index is -0.506. The normalized spacial score (nSPS) is 10.3. The summed E-state index contributed by atoms with van der Waals surface area (Å²) in [5, 5.41) is 2.51. The van der Waals surface area contributed by atoms with E-state index in [9.17, 15) is 9.18 Å². The van der Waals surface area contributed by atoms with Gasteiger partial charge in [0.05, 0.1) is 11.3 Å². The second-order valence-electron chi connectivity index (χ2n) is 4.14. The molecule has 0 aromatic heterocycles. The van der Waals surface area contributed by atoms with Crippen LogP contribution in [0.2, 0.25) is 0 Å². The molecule has 2 aromatic carbocycles. The topological polar surface area (TPSA) is 55.1 Å². The molecule has 3 N–H and O–H groups in total. The van der Waals surface area contributed by atoms with Crippen molar-refractivity contribution in [2.75, 3.05) is 11.1 Å². The Hall–Kier alpha value is -1.88. The molecule has 2 rings (SSSR count). The zero-order chi connectivity index (χ0) is 14.0. The average Bonchev–Trinajstić information content (AvgIpc) is 2.33. The molecule has 19 heavy (non-hydrogen) atoms. The van der Waals surface area contributed by atoms with Crippen LogP contribution in [-0.4, -0.2) is 5.91 Å². The van der Waals surface area contributed by atoms with Crippen LogP contribution in [0.1, 0.15) is 15.9 Å². The van der Waals surface area contributed by atoms with E-state index < -0.39 is 11.7 Å². The third kappa shape index (κ3) is 2.93. The van der Waals surface area contributed by atoms with E-state index in [1.165, 1.54) is 6.07 Å². The highest BCUT2D eigenvalue weighted by molar-refractivity contribution is 9.10. The van der Waals surface area contributed by atoms with Crippen LogP contribution in [-0.2, 0) is 0 Å². The van der Waals surface area contributed by atoms with Gasteiger partial charge in [0.2, 0.25) is 0 Å². The van der Waals surface area contributed by atoms with Crippen LogP contribution < -0.4 is 11.1 Å². The molecule has 0 heterocycles. The molecular formula is C14H12BrFN2O. The Morgan fingerprint density at radius 2 is 2.05 bits per heavy atom. The lowest BCUT2D eigenvalue weighted by molar-refractivity contribution is 0.102. The van der Waals surface area contributed by atoms with Gasteiger partial charge in [0.1, 0.15) is 5.82 Å². The molecular weight excluding hydrogens is 311 g/mol. The number of benzene rings is 2. The Morgan fingerprint density at radius 3 is 2.68 bits per heavy atom. The number of amides is 1. The molecule has 1 amide bonds. The second-order valence-corrected chi connectivity index (χ2v) is 5.00. The molecule has 0 bridgehead atoms. The molecule has 0 fully saturated rings. The predicted octanol–water partition coefficient (Wildman–Crippen LogP) is 3.73. The molecule has 0 atom stereocenters. The minimum absolute atomic E-state index is 0.104. The molecule has 0 radical (unpaired) electrons. The predicted molar refractivity (Wildman–Crippen MR) is 77.6 cm³/mol. The molecule has 0 aliphatic heterocycles. The van der Waals surface area contributed by atoms with Crippen molar-refractivity contribution >= 4 is 33.2 Å². The van der Waals surface area contributed by atoms with Crippen molar-refractivity contribution in [1.82, 2.24) is 0 Å². The summed E-state index contributed by atoms with van der Waals surface area (Å²) in [5.41, 5.74) is 7.54. The Morgan fingerprint density at radius 1 is 1.32 bits per heavy atom. The first-order valence-corrected chi connectivity index (χ1v) is 6.40. The van der Waals surface area contributed by atoms with Crippen LogP contribution >= 0.6 is 15.9 Å². The van der Waals surface area contributed by atoms with Gasteiger partial charge >= 0.3 is 0 Å². The molecule has 2 aromatic rings. The molecule has 0 aliphatic rings. The Kier molecular flexibility index (Phi) is 3.85. The maximum Gasteiger partial charge on any atom is 0.257 e. The first-order valence-electron chi connectivity index (χ1n) is 5.60. The van der Waals surface area contributed by atoms with Gasteiger partial charge in [-0.25, -0.2) is 4.39 Å². The molecule has 98 valence electrons. The standard InChI is InChI=1S/C14H12BrFN2O/c1-8-5-6-9(12(17)7-8)14(19)18-13-10(15)3-2-4-11(13)16/h2-7H,17H2,1H3,(H,18,19). The van der Waals surface area contributed by atoms with E-state index in [0.29, 0.717) is 15.7 Å². The van der Waals surface area contributed by atoms with Gasteiger partial charge in [-0.1, -0.05) is 12.1 Å². The number of nitrogens with two attached hydrogens (primary N) is 1. The number of rotatable bonds is 2. The Bertz CT molecular complexity index is 623. The van der Waals surface area contributed by atoms with Gasteiger partial charge in [0.15, 0.2) is 0 Å². The van der Waals surface area contributed by atoms with Crippen LogP contribution in [0, 0.1) is 12.7 Å². The molecule has 0 saturated carbocycles. The first kappa shape index (κ1) is 13.5. The molecule has 0 spiro atoms. The Labute approximate surface area is 118 Å². The van der Waals surface area contributed by atoms with E-state index in [1.54, 1.807) is 30.3 Å². The number of halogens is 2. The second kappa shape index (κ2) is 5.40. The van der Waals surface area contributed by atoms with Crippen LogP contribution in [0.3, 0.4) is 0 Å². The summed E-state index contributed by atoms with van der Waals surface area (Å²) in [6.07, 6.45) is 0. The fraction of sp³-hybridized carbons (Fsp3) is 0.0714. The fourth-order valence-corrected chi connectivity index (χ4v) is 2.13. The van der Waals surface area contributed by atoms with Crippen LogP contribution in [0.25, 0.3) is 0 Å². The van der Waals surface area contributed by atoms with Gasteiger partial charge in [-0.05, 0) is 52.7 Å². The summed E-state index contributed by atoms with van der Waals surface area (Å²) in [6, 6.07) is 9.58. The number of aryl methyl sites for hydroxylation is 1. The van der Waals surface area contributed by atoms with E-state index in [2.05, 4.69) is 21.2 Å². The van der Waals surface area contributed by atoms with Crippen molar-refractivity contribution in [3.63, 3.8) is 0 Å². The van der Waals surface area contributed by atoms with Crippen molar-refractivity contribution < 1.29 is 9.18 Å². The lowest BCUT2D eigenvalue weighted by Crippen LogP contribution is -2.15. The maximum atomic E-state index is 13.6. The third-order valence-electron chi connectivity index (χ3n) is 2.65. The highest BCUT2D eigenvalue weighted by Crippen LogP contribution is 2.26. The van der Waals surface area contributed by atoms with Crippen molar-refractivity contribution in [1.29, 1.82) is 0 Å². The Balaban J connectivity index is 2.31. The summed E-state index contributed by atoms with van der Waals surface area (Å²) in [5.74, 6) is -0.947. The van der Waals surface area contributed by atoms with Crippen LogP contribution in [0.15, 0.2) is 40.9 Å². The van der Waals surface area contributed by atoms with E-state index >= 15 is 0 Å². The van der Waals surface area contributed by atoms with Crippen molar-refractivity contribution in [2.45, 2.75) is 6.92 Å². The van der Waals surface area contributed by atoms with Crippen LogP contribution in [0.5, 0.6) is 0 Å². The van der Waals surface area contributed by atoms with E-state index in [0.717, 1.165) is 5.56 Å². The smallest absolute Gasteiger partial charge is 0.257 e. The summed E-state index contributed by atoms with van der Waals surface area (Å²) < 4.78 is 14.1.